The van der Waals surface area contributed by atoms with Gasteiger partial charge in [-0.05, 0) is 12.8 Å². The van der Waals surface area contributed by atoms with Gasteiger partial charge in [-0.2, -0.15) is 8.42 Å². The average Bonchev–Trinajstić information content (AvgIpc) is 2.59. The van der Waals surface area contributed by atoms with Gasteiger partial charge in [-0.3, -0.25) is 4.18 Å². The van der Waals surface area contributed by atoms with E-state index in [1.807, 2.05) is 0 Å². The number of unbranched alkanes of at least 4 members (excludes halogenated alkanes) is 15. The summed E-state index contributed by atoms with van der Waals surface area (Å²) in [5, 5.41) is 0. The molecule has 0 aliphatic carbocycles. The Labute approximate surface area is 164 Å². The zero-order chi connectivity index (χ0) is 18.6. The van der Waals surface area contributed by atoms with Gasteiger partial charge >= 0.3 is 0 Å². The normalized spacial score (nSPS) is 11.5. The van der Waals surface area contributed by atoms with E-state index < -0.39 is 10.1 Å². The quantitative estimate of drug-likeness (QED) is 0.176. The van der Waals surface area contributed by atoms with E-state index in [0.717, 1.165) is 32.1 Å². The Morgan fingerprint density at radius 2 is 0.885 bits per heavy atom. The van der Waals surface area contributed by atoms with Crippen LogP contribution in [-0.2, 0) is 14.3 Å². The fourth-order valence-corrected chi connectivity index (χ4v) is 4.12. The van der Waals surface area contributed by atoms with E-state index in [0.29, 0.717) is 6.61 Å². The molecule has 0 rings (SSSR count). The van der Waals surface area contributed by atoms with Crippen molar-refractivity contribution in [3.63, 3.8) is 0 Å². The zero-order valence-electron chi connectivity index (χ0n) is 17.8. The summed E-state index contributed by atoms with van der Waals surface area (Å²) in [6.07, 6.45) is 20.4. The second-order valence-corrected chi connectivity index (χ2v) is 9.15. The van der Waals surface area contributed by atoms with Crippen LogP contribution in [0.25, 0.3) is 0 Å². The van der Waals surface area contributed by atoms with Crippen LogP contribution in [0, 0.1) is 0 Å². The van der Waals surface area contributed by atoms with Crippen molar-refractivity contribution >= 4 is 10.1 Å². The molecule has 4 nitrogen and oxygen atoms in total. The first-order valence-electron chi connectivity index (χ1n) is 11.0. The van der Waals surface area contributed by atoms with Crippen LogP contribution in [0.15, 0.2) is 0 Å². The minimum atomic E-state index is -3.29. The standard InChI is InChI=1S/C21H44O3S.H3N/c1-3-5-7-9-11-13-14-16-18-20-24-25(22,23)21-19-17-15-12-10-8-6-4-2;/h3-21H2,1-2H3;1H3. The number of rotatable bonds is 20. The smallest absolute Gasteiger partial charge is 0.267 e. The molecule has 0 aliphatic rings. The Balaban J connectivity index is 0. The molecule has 0 heterocycles. The Bertz CT molecular complexity index is 358. The summed E-state index contributed by atoms with van der Waals surface area (Å²) in [5.41, 5.74) is 0. The number of hydrogen-bond donors (Lipinski definition) is 1. The molecule has 0 aliphatic heterocycles. The first-order valence-corrected chi connectivity index (χ1v) is 12.6. The molecule has 5 heteroatoms. The van der Waals surface area contributed by atoms with Crippen LogP contribution in [0.3, 0.4) is 0 Å². The highest BCUT2D eigenvalue weighted by Crippen LogP contribution is 2.11. The summed E-state index contributed by atoms with van der Waals surface area (Å²) >= 11 is 0. The van der Waals surface area contributed by atoms with Gasteiger partial charge in [0, 0.05) is 0 Å². The molecule has 0 fully saturated rings. The van der Waals surface area contributed by atoms with Gasteiger partial charge in [-0.15, -0.1) is 0 Å². The average molecular weight is 394 g/mol. The summed E-state index contributed by atoms with van der Waals surface area (Å²) in [4.78, 5) is 0. The third-order valence-corrected chi connectivity index (χ3v) is 6.07. The highest BCUT2D eigenvalue weighted by Gasteiger charge is 2.10. The molecule has 0 radical (unpaired) electrons. The fourth-order valence-electron chi connectivity index (χ4n) is 3.07. The molecular weight excluding hydrogens is 346 g/mol. The minimum Gasteiger partial charge on any atom is -0.344 e. The van der Waals surface area contributed by atoms with Gasteiger partial charge in [0.25, 0.3) is 10.1 Å². The molecule has 0 bridgehead atoms. The molecule has 0 unspecified atom stereocenters. The maximum absolute atomic E-state index is 11.8. The van der Waals surface area contributed by atoms with Gasteiger partial charge in [0.15, 0.2) is 0 Å². The van der Waals surface area contributed by atoms with Crippen molar-refractivity contribution < 1.29 is 12.6 Å². The second kappa shape index (κ2) is 21.2. The van der Waals surface area contributed by atoms with E-state index in [2.05, 4.69) is 13.8 Å². The van der Waals surface area contributed by atoms with Crippen LogP contribution < -0.4 is 6.15 Å². The molecule has 0 atom stereocenters. The third-order valence-electron chi connectivity index (χ3n) is 4.76. The molecule has 0 saturated heterocycles. The van der Waals surface area contributed by atoms with Crippen molar-refractivity contribution in [1.29, 1.82) is 0 Å². The van der Waals surface area contributed by atoms with Crippen LogP contribution in [0.4, 0.5) is 0 Å². The van der Waals surface area contributed by atoms with Gasteiger partial charge in [0.1, 0.15) is 0 Å². The summed E-state index contributed by atoms with van der Waals surface area (Å²) < 4.78 is 28.8. The van der Waals surface area contributed by atoms with Crippen molar-refractivity contribution in [2.45, 2.75) is 123 Å². The predicted molar refractivity (Wildman–Crippen MR) is 115 cm³/mol. The van der Waals surface area contributed by atoms with Crippen molar-refractivity contribution in [3.05, 3.63) is 0 Å². The Morgan fingerprint density at radius 1 is 0.538 bits per heavy atom. The van der Waals surface area contributed by atoms with Gasteiger partial charge in [0.05, 0.1) is 12.4 Å². The van der Waals surface area contributed by atoms with Crippen LogP contribution in [0.2, 0.25) is 0 Å². The molecule has 26 heavy (non-hydrogen) atoms. The zero-order valence-corrected chi connectivity index (χ0v) is 18.6. The Morgan fingerprint density at radius 3 is 1.31 bits per heavy atom. The molecule has 3 N–H and O–H groups in total. The second-order valence-electron chi connectivity index (χ2n) is 7.39. The lowest BCUT2D eigenvalue weighted by atomic mass is 10.1. The highest BCUT2D eigenvalue weighted by atomic mass is 32.2. The predicted octanol–water partition coefficient (Wildman–Crippen LogP) is 7.17. The van der Waals surface area contributed by atoms with Gasteiger partial charge in [0.2, 0.25) is 0 Å². The molecular formula is C21H47NO3S. The monoisotopic (exact) mass is 393 g/mol. The third kappa shape index (κ3) is 21.9. The topological polar surface area (TPSA) is 78.4 Å². The lowest BCUT2D eigenvalue weighted by Crippen LogP contribution is -2.11. The summed E-state index contributed by atoms with van der Waals surface area (Å²) in [6.45, 7) is 4.83. The summed E-state index contributed by atoms with van der Waals surface area (Å²) in [7, 11) is -3.29. The van der Waals surface area contributed by atoms with Crippen molar-refractivity contribution in [2.24, 2.45) is 0 Å². The maximum Gasteiger partial charge on any atom is 0.267 e. The van der Waals surface area contributed by atoms with Crippen LogP contribution in [0.1, 0.15) is 123 Å². The fraction of sp³-hybridized carbons (Fsp3) is 1.00. The summed E-state index contributed by atoms with van der Waals surface area (Å²) in [6, 6.07) is 0. The van der Waals surface area contributed by atoms with E-state index >= 15 is 0 Å². The van der Waals surface area contributed by atoms with Crippen molar-refractivity contribution in [3.8, 4) is 0 Å². The number of hydrogen-bond acceptors (Lipinski definition) is 4. The molecule has 160 valence electrons. The van der Waals surface area contributed by atoms with E-state index in [1.165, 1.54) is 77.0 Å². The molecule has 0 aromatic rings. The van der Waals surface area contributed by atoms with E-state index in [9.17, 15) is 8.42 Å². The lowest BCUT2D eigenvalue weighted by molar-refractivity contribution is 0.305. The van der Waals surface area contributed by atoms with E-state index in [-0.39, 0.29) is 11.9 Å². The molecule has 0 saturated carbocycles. The minimum absolute atomic E-state index is 0. The van der Waals surface area contributed by atoms with Crippen LogP contribution in [0.5, 0.6) is 0 Å². The molecule has 0 spiro atoms. The van der Waals surface area contributed by atoms with E-state index in [4.69, 9.17) is 4.18 Å². The Hall–Kier alpha value is -0.130. The van der Waals surface area contributed by atoms with Gasteiger partial charge in [-0.25, -0.2) is 0 Å². The van der Waals surface area contributed by atoms with Gasteiger partial charge < -0.3 is 6.15 Å². The van der Waals surface area contributed by atoms with Gasteiger partial charge in [-0.1, -0.05) is 110 Å². The SMILES string of the molecule is CCCCCCCCCCCOS(=O)(=O)CCCCCCCCCC.N. The maximum atomic E-state index is 11.8. The van der Waals surface area contributed by atoms with Crippen molar-refractivity contribution in [2.75, 3.05) is 12.4 Å². The molecule has 0 aromatic heterocycles. The molecule has 0 amide bonds. The molecule has 0 aromatic carbocycles. The van der Waals surface area contributed by atoms with Crippen LogP contribution >= 0.6 is 0 Å². The highest BCUT2D eigenvalue weighted by molar-refractivity contribution is 7.86. The largest absolute Gasteiger partial charge is 0.344 e. The first-order chi connectivity index (χ1) is 12.1. The Kier molecular flexibility index (Phi) is 22.9. The lowest BCUT2D eigenvalue weighted by Gasteiger charge is -2.06. The van der Waals surface area contributed by atoms with E-state index in [1.54, 1.807) is 0 Å². The first kappa shape index (κ1) is 28.1. The summed E-state index contributed by atoms with van der Waals surface area (Å²) in [5.74, 6) is 0.194. The van der Waals surface area contributed by atoms with Crippen LogP contribution in [-0.4, -0.2) is 20.8 Å². The van der Waals surface area contributed by atoms with Crippen molar-refractivity contribution in [1.82, 2.24) is 6.15 Å².